The van der Waals surface area contributed by atoms with Crippen molar-refractivity contribution in [2.45, 2.75) is 18.8 Å². The summed E-state index contributed by atoms with van der Waals surface area (Å²) in [5.41, 5.74) is 1.31. The average molecular weight is 294 g/mol. The highest BCUT2D eigenvalue weighted by Crippen LogP contribution is 2.32. The summed E-state index contributed by atoms with van der Waals surface area (Å²) < 4.78 is 10.5. The second-order valence-electron chi connectivity index (χ2n) is 4.39. The number of hydrogen-bond acceptors (Lipinski definition) is 5. The van der Waals surface area contributed by atoms with Gasteiger partial charge in [-0.25, -0.2) is 0 Å². The highest BCUT2D eigenvalue weighted by Gasteiger charge is 2.20. The molecule has 3 nitrogen and oxygen atoms in total. The van der Waals surface area contributed by atoms with Gasteiger partial charge in [0.25, 0.3) is 0 Å². The van der Waals surface area contributed by atoms with Gasteiger partial charge in [-0.3, -0.25) is 4.79 Å². The van der Waals surface area contributed by atoms with E-state index in [0.29, 0.717) is 18.1 Å². The molecule has 2 aromatic heterocycles. The zero-order valence-electron chi connectivity index (χ0n) is 10.6. The first-order valence-corrected chi connectivity index (χ1v) is 8.06. The molecule has 0 saturated heterocycles. The van der Waals surface area contributed by atoms with Crippen molar-refractivity contribution in [1.29, 1.82) is 0 Å². The van der Waals surface area contributed by atoms with Gasteiger partial charge in [-0.1, -0.05) is 0 Å². The monoisotopic (exact) mass is 294 g/mol. The zero-order chi connectivity index (χ0) is 13.2. The summed E-state index contributed by atoms with van der Waals surface area (Å²) in [5, 5.41) is 0. The number of hydrogen-bond donors (Lipinski definition) is 0. The standard InChI is InChI=1S/C14H14O3S2/c1-16-7-10-2-3-11(17-10)14(15)13-6-9-8-18-5-4-12(9)19-13/h2-3,6H,4-5,7-8H2,1H3. The molecule has 0 atom stereocenters. The number of rotatable bonds is 4. The summed E-state index contributed by atoms with van der Waals surface area (Å²) in [5.74, 6) is 3.24. The molecule has 100 valence electrons. The van der Waals surface area contributed by atoms with Gasteiger partial charge < -0.3 is 9.15 Å². The van der Waals surface area contributed by atoms with Gasteiger partial charge in [0.15, 0.2) is 5.76 Å². The summed E-state index contributed by atoms with van der Waals surface area (Å²) in [6, 6.07) is 5.54. The molecule has 0 saturated carbocycles. The van der Waals surface area contributed by atoms with Crippen molar-refractivity contribution in [3.63, 3.8) is 0 Å². The van der Waals surface area contributed by atoms with Crippen LogP contribution in [0, 0.1) is 0 Å². The van der Waals surface area contributed by atoms with E-state index in [1.165, 1.54) is 10.4 Å². The fraction of sp³-hybridized carbons (Fsp3) is 0.357. The summed E-state index contributed by atoms with van der Waals surface area (Å²) in [7, 11) is 1.61. The van der Waals surface area contributed by atoms with Crippen LogP contribution in [0.1, 0.15) is 31.6 Å². The Hall–Kier alpha value is -1.04. The molecule has 0 radical (unpaired) electrons. The maximum atomic E-state index is 12.4. The molecule has 19 heavy (non-hydrogen) atoms. The van der Waals surface area contributed by atoms with Crippen molar-refractivity contribution in [3.8, 4) is 0 Å². The van der Waals surface area contributed by atoms with Crippen LogP contribution in [-0.4, -0.2) is 18.6 Å². The molecule has 3 heterocycles. The number of ketones is 1. The summed E-state index contributed by atoms with van der Waals surface area (Å²) >= 11 is 3.53. The Balaban J connectivity index is 1.84. The number of thiophene rings is 1. The van der Waals surface area contributed by atoms with Crippen LogP contribution in [0.15, 0.2) is 22.6 Å². The van der Waals surface area contributed by atoms with Crippen LogP contribution in [0.5, 0.6) is 0 Å². The number of fused-ring (bicyclic) bond motifs is 1. The van der Waals surface area contributed by atoms with E-state index in [-0.39, 0.29) is 5.78 Å². The van der Waals surface area contributed by atoms with E-state index in [2.05, 4.69) is 0 Å². The fourth-order valence-corrected chi connectivity index (χ4v) is 4.42. The maximum absolute atomic E-state index is 12.4. The highest BCUT2D eigenvalue weighted by atomic mass is 32.2. The van der Waals surface area contributed by atoms with Crippen molar-refractivity contribution in [2.24, 2.45) is 0 Å². The van der Waals surface area contributed by atoms with Gasteiger partial charge in [-0.2, -0.15) is 11.8 Å². The van der Waals surface area contributed by atoms with E-state index in [1.54, 1.807) is 30.6 Å². The number of ether oxygens (including phenoxy) is 1. The summed E-state index contributed by atoms with van der Waals surface area (Å²) in [6.07, 6.45) is 1.07. The Morgan fingerprint density at radius 2 is 2.37 bits per heavy atom. The van der Waals surface area contributed by atoms with Crippen LogP contribution in [-0.2, 0) is 23.5 Å². The van der Waals surface area contributed by atoms with Gasteiger partial charge in [-0.15, -0.1) is 11.3 Å². The number of aryl methyl sites for hydroxylation is 1. The molecule has 1 aliphatic rings. The van der Waals surface area contributed by atoms with Crippen LogP contribution < -0.4 is 0 Å². The third kappa shape index (κ3) is 2.63. The van der Waals surface area contributed by atoms with Crippen LogP contribution in [0.4, 0.5) is 0 Å². The molecule has 5 heteroatoms. The Morgan fingerprint density at radius 3 is 3.16 bits per heavy atom. The lowest BCUT2D eigenvalue weighted by atomic mass is 10.2. The highest BCUT2D eigenvalue weighted by molar-refractivity contribution is 7.98. The average Bonchev–Trinajstić information content (AvgIpc) is 3.04. The van der Waals surface area contributed by atoms with Gasteiger partial charge in [0.1, 0.15) is 12.4 Å². The number of methoxy groups -OCH3 is 1. The lowest BCUT2D eigenvalue weighted by molar-refractivity contribution is 0.100. The molecule has 3 rings (SSSR count). The summed E-state index contributed by atoms with van der Waals surface area (Å²) in [4.78, 5) is 14.5. The third-order valence-corrected chi connectivity index (χ3v) is 5.27. The predicted octanol–water partition coefficient (Wildman–Crippen LogP) is 3.51. The first-order valence-electron chi connectivity index (χ1n) is 6.09. The smallest absolute Gasteiger partial charge is 0.238 e. The van der Waals surface area contributed by atoms with E-state index in [9.17, 15) is 4.79 Å². The number of carbonyl (C=O) groups is 1. The van der Waals surface area contributed by atoms with Crippen molar-refractivity contribution in [3.05, 3.63) is 45.0 Å². The van der Waals surface area contributed by atoms with Crippen LogP contribution in [0.2, 0.25) is 0 Å². The zero-order valence-corrected chi connectivity index (χ0v) is 12.2. The minimum absolute atomic E-state index is 0.0215. The van der Waals surface area contributed by atoms with E-state index in [0.717, 1.165) is 22.8 Å². The Bertz CT molecular complexity index is 574. The minimum atomic E-state index is -0.0215. The van der Waals surface area contributed by atoms with Gasteiger partial charge in [0.05, 0.1) is 4.88 Å². The van der Waals surface area contributed by atoms with E-state index < -0.39 is 0 Å². The fourth-order valence-electron chi connectivity index (χ4n) is 2.10. The Labute approximate surface area is 120 Å². The van der Waals surface area contributed by atoms with Crippen LogP contribution in [0.25, 0.3) is 0 Å². The number of carbonyl (C=O) groups excluding carboxylic acids is 1. The van der Waals surface area contributed by atoms with Crippen LogP contribution in [0.3, 0.4) is 0 Å². The topological polar surface area (TPSA) is 39.4 Å². The second kappa shape index (κ2) is 5.53. The van der Waals surface area contributed by atoms with E-state index >= 15 is 0 Å². The third-order valence-electron chi connectivity index (χ3n) is 3.02. The minimum Gasteiger partial charge on any atom is -0.455 e. The predicted molar refractivity (Wildman–Crippen MR) is 77.0 cm³/mol. The molecule has 1 aliphatic heterocycles. The number of furan rings is 1. The molecular formula is C14H14O3S2. The molecule has 0 aromatic carbocycles. The normalized spacial score (nSPS) is 14.4. The largest absolute Gasteiger partial charge is 0.455 e. The summed E-state index contributed by atoms with van der Waals surface area (Å²) in [6.45, 7) is 0.394. The Kier molecular flexibility index (Phi) is 3.77. The van der Waals surface area contributed by atoms with Crippen molar-refractivity contribution < 1.29 is 13.9 Å². The van der Waals surface area contributed by atoms with Crippen LogP contribution >= 0.6 is 23.1 Å². The first-order chi connectivity index (χ1) is 9.28. The lowest BCUT2D eigenvalue weighted by Crippen LogP contribution is -1.96. The van der Waals surface area contributed by atoms with E-state index in [4.69, 9.17) is 9.15 Å². The molecule has 0 amide bonds. The van der Waals surface area contributed by atoms with Gasteiger partial charge >= 0.3 is 0 Å². The second-order valence-corrected chi connectivity index (χ2v) is 6.63. The SMILES string of the molecule is COCc1ccc(C(=O)c2cc3c(s2)CCSC3)o1. The van der Waals surface area contributed by atoms with Crippen molar-refractivity contribution in [2.75, 3.05) is 12.9 Å². The number of thioether (sulfide) groups is 1. The first kappa shape index (κ1) is 13.0. The molecule has 0 N–H and O–H groups in total. The molecule has 0 aliphatic carbocycles. The molecule has 0 fully saturated rings. The molecular weight excluding hydrogens is 280 g/mol. The molecule has 0 unspecified atom stereocenters. The van der Waals surface area contributed by atoms with Gasteiger partial charge in [0, 0.05) is 17.7 Å². The van der Waals surface area contributed by atoms with Crippen molar-refractivity contribution in [1.82, 2.24) is 0 Å². The molecule has 2 aromatic rings. The quantitative estimate of drug-likeness (QED) is 0.809. The van der Waals surface area contributed by atoms with Gasteiger partial charge in [0.2, 0.25) is 5.78 Å². The molecule has 0 bridgehead atoms. The van der Waals surface area contributed by atoms with Gasteiger partial charge in [-0.05, 0) is 35.9 Å². The maximum Gasteiger partial charge on any atom is 0.238 e. The van der Waals surface area contributed by atoms with E-state index in [1.807, 2.05) is 17.8 Å². The molecule has 0 spiro atoms. The Morgan fingerprint density at radius 1 is 1.47 bits per heavy atom. The lowest BCUT2D eigenvalue weighted by Gasteiger charge is -2.08. The van der Waals surface area contributed by atoms with Crippen molar-refractivity contribution >= 4 is 28.9 Å².